The Morgan fingerprint density at radius 3 is 2.08 bits per heavy atom. The molecule has 2 heterocycles. The van der Waals surface area contributed by atoms with Gasteiger partial charge in [0.2, 0.25) is 11.5 Å². The molecule has 1 atom stereocenters. The van der Waals surface area contributed by atoms with Crippen LogP contribution in [0.25, 0.3) is 11.0 Å². The molecule has 36 heavy (non-hydrogen) atoms. The number of amides is 1. The van der Waals surface area contributed by atoms with Crippen molar-refractivity contribution in [3.8, 4) is 23.0 Å². The standard InChI is InChI=1S/C27H22FNO7/c1-32-17-8-6-16(7-9-17)29-23(14-11-20(33-2)25(35-4)21(12-14)34-3)22-24(30)18-13-15(28)5-10-19(18)36-26(22)27(29)31/h5-13,23H,1-4H3. The second-order valence-electron chi connectivity index (χ2n) is 8.05. The van der Waals surface area contributed by atoms with Crippen LogP contribution in [0.5, 0.6) is 23.0 Å². The van der Waals surface area contributed by atoms with Crippen LogP contribution in [-0.4, -0.2) is 34.3 Å². The van der Waals surface area contributed by atoms with Crippen LogP contribution in [0.3, 0.4) is 0 Å². The summed E-state index contributed by atoms with van der Waals surface area (Å²) >= 11 is 0. The van der Waals surface area contributed by atoms with Crippen molar-refractivity contribution in [2.24, 2.45) is 0 Å². The van der Waals surface area contributed by atoms with Gasteiger partial charge in [-0.3, -0.25) is 14.5 Å². The molecule has 0 bridgehead atoms. The van der Waals surface area contributed by atoms with Gasteiger partial charge in [0.25, 0.3) is 5.91 Å². The molecule has 1 aromatic heterocycles. The Bertz CT molecular complexity index is 1520. The minimum atomic E-state index is -0.918. The monoisotopic (exact) mass is 491 g/mol. The van der Waals surface area contributed by atoms with Crippen molar-refractivity contribution in [2.75, 3.05) is 33.3 Å². The fourth-order valence-electron chi connectivity index (χ4n) is 4.53. The van der Waals surface area contributed by atoms with Gasteiger partial charge in [0.05, 0.1) is 45.4 Å². The van der Waals surface area contributed by atoms with Crippen LogP contribution < -0.4 is 29.3 Å². The predicted octanol–water partition coefficient (Wildman–Crippen LogP) is 4.72. The first kappa shape index (κ1) is 23.2. The Kier molecular flexibility index (Phi) is 5.75. The van der Waals surface area contributed by atoms with Crippen molar-refractivity contribution in [1.82, 2.24) is 0 Å². The smallest absolute Gasteiger partial charge is 0.295 e. The third kappa shape index (κ3) is 3.51. The van der Waals surface area contributed by atoms with Crippen molar-refractivity contribution in [1.29, 1.82) is 0 Å². The maximum atomic E-state index is 14.0. The Morgan fingerprint density at radius 1 is 0.833 bits per heavy atom. The van der Waals surface area contributed by atoms with E-state index in [4.69, 9.17) is 23.4 Å². The van der Waals surface area contributed by atoms with Crippen molar-refractivity contribution in [3.05, 3.63) is 87.5 Å². The highest BCUT2D eigenvalue weighted by Crippen LogP contribution is 2.46. The molecule has 1 unspecified atom stereocenters. The zero-order valence-electron chi connectivity index (χ0n) is 20.0. The molecule has 9 heteroatoms. The number of methoxy groups -OCH3 is 4. The Labute approximate surface area is 205 Å². The van der Waals surface area contributed by atoms with Crippen LogP contribution in [0, 0.1) is 5.82 Å². The number of benzene rings is 3. The fourth-order valence-corrected chi connectivity index (χ4v) is 4.53. The molecule has 4 aromatic rings. The third-order valence-corrected chi connectivity index (χ3v) is 6.19. The van der Waals surface area contributed by atoms with E-state index in [0.717, 1.165) is 6.07 Å². The van der Waals surface area contributed by atoms with E-state index in [2.05, 4.69) is 0 Å². The highest BCUT2D eigenvalue weighted by atomic mass is 19.1. The van der Waals surface area contributed by atoms with Crippen molar-refractivity contribution in [2.45, 2.75) is 6.04 Å². The lowest BCUT2D eigenvalue weighted by molar-refractivity contribution is 0.0971. The molecule has 0 spiro atoms. The summed E-state index contributed by atoms with van der Waals surface area (Å²) in [5.41, 5.74) is 0.710. The first-order valence-corrected chi connectivity index (χ1v) is 11.0. The summed E-state index contributed by atoms with van der Waals surface area (Å²) in [4.78, 5) is 28.9. The number of hydrogen-bond donors (Lipinski definition) is 0. The van der Waals surface area contributed by atoms with Crippen LogP contribution in [0.2, 0.25) is 0 Å². The average Bonchev–Trinajstić information content (AvgIpc) is 3.20. The van der Waals surface area contributed by atoms with Gasteiger partial charge >= 0.3 is 0 Å². The first-order chi connectivity index (χ1) is 17.4. The lowest BCUT2D eigenvalue weighted by Crippen LogP contribution is -2.29. The number of ether oxygens (including phenoxy) is 4. The van der Waals surface area contributed by atoms with Gasteiger partial charge in [-0.2, -0.15) is 0 Å². The maximum Gasteiger partial charge on any atom is 0.295 e. The Hall–Kier alpha value is -4.53. The van der Waals surface area contributed by atoms with Crippen molar-refractivity contribution in [3.63, 3.8) is 0 Å². The molecule has 3 aromatic carbocycles. The molecule has 1 aliphatic rings. The molecule has 0 saturated carbocycles. The third-order valence-electron chi connectivity index (χ3n) is 6.19. The van der Waals surface area contributed by atoms with E-state index in [-0.39, 0.29) is 22.3 Å². The molecular weight excluding hydrogens is 469 g/mol. The van der Waals surface area contributed by atoms with E-state index in [1.165, 1.54) is 45.5 Å². The molecule has 0 aliphatic carbocycles. The average molecular weight is 491 g/mol. The van der Waals surface area contributed by atoms with E-state index < -0.39 is 23.2 Å². The summed E-state index contributed by atoms with van der Waals surface area (Å²) in [7, 11) is 5.96. The minimum Gasteiger partial charge on any atom is -0.497 e. The van der Waals surface area contributed by atoms with Crippen LogP contribution in [0.15, 0.2) is 63.8 Å². The quantitative estimate of drug-likeness (QED) is 0.386. The van der Waals surface area contributed by atoms with E-state index in [1.54, 1.807) is 36.4 Å². The van der Waals surface area contributed by atoms with Gasteiger partial charge in [-0.15, -0.1) is 0 Å². The van der Waals surface area contributed by atoms with Gasteiger partial charge in [0, 0.05) is 5.69 Å². The molecule has 0 saturated heterocycles. The number of carbonyl (C=O) groups is 1. The fraction of sp³-hybridized carbons (Fsp3) is 0.185. The van der Waals surface area contributed by atoms with E-state index >= 15 is 0 Å². The summed E-state index contributed by atoms with van der Waals surface area (Å²) in [5.74, 6) is 0.429. The van der Waals surface area contributed by atoms with E-state index in [1.807, 2.05) is 0 Å². The summed E-state index contributed by atoms with van der Waals surface area (Å²) < 4.78 is 41.6. The highest BCUT2D eigenvalue weighted by molar-refractivity contribution is 6.10. The lowest BCUT2D eigenvalue weighted by Gasteiger charge is -2.26. The SMILES string of the molecule is COc1ccc(N2C(=O)c3oc4ccc(F)cc4c(=O)c3C2c2cc(OC)c(OC)c(OC)c2)cc1. The first-order valence-electron chi connectivity index (χ1n) is 11.0. The highest BCUT2D eigenvalue weighted by Gasteiger charge is 2.44. The Balaban J connectivity index is 1.82. The molecule has 0 N–H and O–H groups in total. The van der Waals surface area contributed by atoms with Gasteiger partial charge in [-0.05, 0) is 60.2 Å². The van der Waals surface area contributed by atoms with Gasteiger partial charge in [-0.25, -0.2) is 4.39 Å². The molecule has 5 rings (SSSR count). The molecule has 0 radical (unpaired) electrons. The molecule has 0 fully saturated rings. The zero-order valence-corrected chi connectivity index (χ0v) is 20.0. The van der Waals surface area contributed by atoms with Crippen LogP contribution in [-0.2, 0) is 0 Å². The number of anilines is 1. The van der Waals surface area contributed by atoms with Crippen LogP contribution in [0.4, 0.5) is 10.1 Å². The molecule has 8 nitrogen and oxygen atoms in total. The second kappa shape index (κ2) is 8.92. The zero-order chi connectivity index (χ0) is 25.6. The topological polar surface area (TPSA) is 87.4 Å². The predicted molar refractivity (Wildman–Crippen MR) is 130 cm³/mol. The Morgan fingerprint density at radius 2 is 1.50 bits per heavy atom. The van der Waals surface area contributed by atoms with Crippen LogP contribution in [0.1, 0.15) is 27.7 Å². The number of hydrogen-bond acceptors (Lipinski definition) is 7. The largest absolute Gasteiger partial charge is 0.497 e. The van der Waals surface area contributed by atoms with E-state index in [0.29, 0.717) is 34.2 Å². The normalized spacial score (nSPS) is 14.6. The molecule has 184 valence electrons. The summed E-state index contributed by atoms with van der Waals surface area (Å²) in [6.07, 6.45) is 0. The van der Waals surface area contributed by atoms with Gasteiger partial charge < -0.3 is 23.4 Å². The van der Waals surface area contributed by atoms with Gasteiger partial charge in [0.1, 0.15) is 17.1 Å². The molecule has 1 aliphatic heterocycles. The lowest BCUT2D eigenvalue weighted by atomic mass is 9.97. The second-order valence-corrected chi connectivity index (χ2v) is 8.05. The maximum absolute atomic E-state index is 14.0. The summed E-state index contributed by atoms with van der Waals surface area (Å²) in [6.45, 7) is 0. The summed E-state index contributed by atoms with van der Waals surface area (Å²) in [5, 5.41) is 0.0376. The van der Waals surface area contributed by atoms with Crippen molar-refractivity contribution < 1.29 is 32.5 Å². The summed E-state index contributed by atoms with van der Waals surface area (Å²) in [6, 6.07) is 12.9. The number of rotatable bonds is 6. The number of fused-ring (bicyclic) bond motifs is 2. The van der Waals surface area contributed by atoms with Crippen LogP contribution >= 0.6 is 0 Å². The van der Waals surface area contributed by atoms with E-state index in [9.17, 15) is 14.0 Å². The number of nitrogens with zero attached hydrogens (tertiary/aromatic N) is 1. The van der Waals surface area contributed by atoms with Gasteiger partial charge in [-0.1, -0.05) is 0 Å². The number of carbonyl (C=O) groups excluding carboxylic acids is 1. The van der Waals surface area contributed by atoms with Gasteiger partial charge in [0.15, 0.2) is 16.9 Å². The minimum absolute atomic E-state index is 0.0376. The number of halogens is 1. The van der Waals surface area contributed by atoms with Crippen molar-refractivity contribution >= 4 is 22.6 Å². The molecule has 1 amide bonds. The molecular formula is C27H22FNO7.